The predicted molar refractivity (Wildman–Crippen MR) is 98.4 cm³/mol. The number of nitrogens with zero attached hydrogens (tertiary/aromatic N) is 5. The molecule has 0 unspecified atom stereocenters. The van der Waals surface area contributed by atoms with Gasteiger partial charge in [0.2, 0.25) is 0 Å². The van der Waals surface area contributed by atoms with Crippen LogP contribution in [0.25, 0.3) is 11.3 Å². The molecule has 1 fully saturated rings. The van der Waals surface area contributed by atoms with Crippen LogP contribution in [0.5, 0.6) is 0 Å². The van der Waals surface area contributed by atoms with Crippen molar-refractivity contribution in [2.24, 2.45) is 7.05 Å². The van der Waals surface area contributed by atoms with Crippen molar-refractivity contribution >= 4 is 11.7 Å². The maximum atomic E-state index is 13.3. The van der Waals surface area contributed by atoms with Gasteiger partial charge in [0.1, 0.15) is 22.8 Å². The standard InChI is InChI=1S/C18H27N5O3/c1-10-8-23(9-11(2)25-10)18(24)15-13(4)26-20-16(15)14-12(3)19-22(7)17(14)21(5)6/h10-11H,8-9H2,1-7H3/t10-,11+. The number of rotatable bonds is 3. The van der Waals surface area contributed by atoms with Gasteiger partial charge < -0.3 is 19.1 Å². The van der Waals surface area contributed by atoms with E-state index in [4.69, 9.17) is 9.26 Å². The van der Waals surface area contributed by atoms with E-state index in [1.807, 2.05) is 51.7 Å². The fourth-order valence-electron chi connectivity index (χ4n) is 3.73. The zero-order chi connectivity index (χ0) is 19.2. The van der Waals surface area contributed by atoms with Crippen molar-refractivity contribution in [3.8, 4) is 11.3 Å². The number of morpholine rings is 1. The smallest absolute Gasteiger partial charge is 0.259 e. The monoisotopic (exact) mass is 361 g/mol. The number of amides is 1. The number of carbonyl (C=O) groups excluding carboxylic acids is 1. The predicted octanol–water partition coefficient (Wildman–Crippen LogP) is 2.01. The molecule has 0 N–H and O–H groups in total. The van der Waals surface area contributed by atoms with Crippen LogP contribution in [0.1, 0.15) is 35.7 Å². The highest BCUT2D eigenvalue weighted by Crippen LogP contribution is 2.36. The van der Waals surface area contributed by atoms with Crippen LogP contribution in [0, 0.1) is 13.8 Å². The van der Waals surface area contributed by atoms with E-state index in [0.717, 1.165) is 17.1 Å². The lowest BCUT2D eigenvalue weighted by molar-refractivity contribution is -0.0586. The van der Waals surface area contributed by atoms with Crippen molar-refractivity contribution in [2.45, 2.75) is 39.9 Å². The summed E-state index contributed by atoms with van der Waals surface area (Å²) in [6.45, 7) is 8.76. The van der Waals surface area contributed by atoms with Crippen LogP contribution < -0.4 is 4.90 Å². The van der Waals surface area contributed by atoms with Gasteiger partial charge in [-0.3, -0.25) is 9.48 Å². The highest BCUT2D eigenvalue weighted by molar-refractivity contribution is 6.02. The number of anilines is 1. The third kappa shape index (κ3) is 3.09. The number of ether oxygens (including phenoxy) is 1. The van der Waals surface area contributed by atoms with E-state index in [1.165, 1.54) is 0 Å². The summed E-state index contributed by atoms with van der Waals surface area (Å²) >= 11 is 0. The van der Waals surface area contributed by atoms with Crippen LogP contribution in [-0.2, 0) is 11.8 Å². The Morgan fingerprint density at radius 2 is 1.81 bits per heavy atom. The van der Waals surface area contributed by atoms with Crippen LogP contribution in [0.15, 0.2) is 4.52 Å². The minimum absolute atomic E-state index is 0.00350. The van der Waals surface area contributed by atoms with Gasteiger partial charge in [-0.05, 0) is 27.7 Å². The first-order valence-electron chi connectivity index (χ1n) is 8.83. The first-order valence-corrected chi connectivity index (χ1v) is 8.83. The van der Waals surface area contributed by atoms with Gasteiger partial charge in [-0.2, -0.15) is 5.10 Å². The van der Waals surface area contributed by atoms with Gasteiger partial charge in [-0.15, -0.1) is 0 Å². The van der Waals surface area contributed by atoms with E-state index in [2.05, 4.69) is 10.3 Å². The third-order valence-electron chi connectivity index (χ3n) is 4.64. The summed E-state index contributed by atoms with van der Waals surface area (Å²) in [4.78, 5) is 17.1. The fraction of sp³-hybridized carbons (Fsp3) is 0.611. The maximum Gasteiger partial charge on any atom is 0.259 e. The van der Waals surface area contributed by atoms with Gasteiger partial charge in [0.25, 0.3) is 5.91 Å². The molecule has 8 nitrogen and oxygen atoms in total. The molecular formula is C18H27N5O3. The molecule has 0 aliphatic carbocycles. The Hall–Kier alpha value is -2.35. The molecule has 8 heteroatoms. The molecule has 26 heavy (non-hydrogen) atoms. The fourth-order valence-corrected chi connectivity index (χ4v) is 3.73. The molecule has 0 spiro atoms. The SMILES string of the molecule is Cc1nn(C)c(N(C)C)c1-c1noc(C)c1C(=O)N1C[C@@H](C)O[C@@H](C)C1. The number of hydrogen-bond donors (Lipinski definition) is 0. The molecule has 0 saturated carbocycles. The molecule has 142 valence electrons. The third-order valence-corrected chi connectivity index (χ3v) is 4.64. The topological polar surface area (TPSA) is 76.6 Å². The van der Waals surface area contributed by atoms with Crippen LogP contribution in [0.4, 0.5) is 5.82 Å². The first-order chi connectivity index (χ1) is 12.2. The molecule has 2 atom stereocenters. The summed E-state index contributed by atoms with van der Waals surface area (Å²) in [5.41, 5.74) is 2.69. The number of hydrogen-bond acceptors (Lipinski definition) is 6. The molecule has 3 rings (SSSR count). The van der Waals surface area contributed by atoms with Gasteiger partial charge in [0.05, 0.1) is 23.5 Å². The normalized spacial score (nSPS) is 20.5. The quantitative estimate of drug-likeness (QED) is 0.832. The minimum atomic E-state index is -0.0753. The summed E-state index contributed by atoms with van der Waals surface area (Å²) in [5.74, 6) is 1.33. The summed E-state index contributed by atoms with van der Waals surface area (Å²) in [6.07, 6.45) is 0.00700. The van der Waals surface area contributed by atoms with E-state index in [-0.39, 0.29) is 18.1 Å². The lowest BCUT2D eigenvalue weighted by Gasteiger charge is -2.35. The van der Waals surface area contributed by atoms with Gasteiger partial charge in [-0.1, -0.05) is 5.16 Å². The van der Waals surface area contributed by atoms with Crippen LogP contribution in [0.2, 0.25) is 0 Å². The van der Waals surface area contributed by atoms with E-state index in [9.17, 15) is 4.79 Å². The van der Waals surface area contributed by atoms with Gasteiger partial charge in [0, 0.05) is 34.2 Å². The molecule has 0 bridgehead atoms. The molecule has 1 saturated heterocycles. The second-order valence-electron chi connectivity index (χ2n) is 7.23. The summed E-state index contributed by atoms with van der Waals surface area (Å²) in [7, 11) is 5.77. The first kappa shape index (κ1) is 18.4. The van der Waals surface area contributed by atoms with Gasteiger partial charge in [0.15, 0.2) is 0 Å². The second kappa shape index (κ2) is 6.75. The highest BCUT2D eigenvalue weighted by Gasteiger charge is 2.33. The lowest BCUT2D eigenvalue weighted by atomic mass is 10.0. The molecule has 0 aromatic carbocycles. The summed E-state index contributed by atoms with van der Waals surface area (Å²) < 4.78 is 13.0. The van der Waals surface area contributed by atoms with E-state index in [1.54, 1.807) is 11.6 Å². The van der Waals surface area contributed by atoms with Crippen molar-refractivity contribution < 1.29 is 14.1 Å². The Morgan fingerprint density at radius 3 is 2.38 bits per heavy atom. The maximum absolute atomic E-state index is 13.3. The lowest BCUT2D eigenvalue weighted by Crippen LogP contribution is -2.48. The van der Waals surface area contributed by atoms with Crippen molar-refractivity contribution in [1.82, 2.24) is 19.8 Å². The Labute approximate surface area is 153 Å². The van der Waals surface area contributed by atoms with Crippen LogP contribution >= 0.6 is 0 Å². The Kier molecular flexibility index (Phi) is 4.79. The minimum Gasteiger partial charge on any atom is -0.372 e. The molecule has 2 aromatic rings. The summed E-state index contributed by atoms with van der Waals surface area (Å²) in [5, 5.41) is 8.73. The highest BCUT2D eigenvalue weighted by atomic mass is 16.5. The Bertz CT molecular complexity index is 813. The molecule has 1 amide bonds. The van der Waals surface area contributed by atoms with Gasteiger partial charge in [-0.25, -0.2) is 0 Å². The van der Waals surface area contributed by atoms with E-state index < -0.39 is 0 Å². The van der Waals surface area contributed by atoms with Crippen molar-refractivity contribution in [2.75, 3.05) is 32.1 Å². The average Bonchev–Trinajstić information content (AvgIpc) is 3.04. The van der Waals surface area contributed by atoms with Crippen molar-refractivity contribution in [3.63, 3.8) is 0 Å². The van der Waals surface area contributed by atoms with E-state index in [0.29, 0.717) is 30.1 Å². The van der Waals surface area contributed by atoms with Crippen molar-refractivity contribution in [3.05, 3.63) is 17.0 Å². The van der Waals surface area contributed by atoms with E-state index >= 15 is 0 Å². The zero-order valence-corrected chi connectivity index (χ0v) is 16.5. The molecule has 0 radical (unpaired) electrons. The average molecular weight is 361 g/mol. The molecule has 3 heterocycles. The Morgan fingerprint density at radius 1 is 1.19 bits per heavy atom. The molecule has 1 aliphatic heterocycles. The van der Waals surface area contributed by atoms with Gasteiger partial charge >= 0.3 is 0 Å². The van der Waals surface area contributed by atoms with Crippen molar-refractivity contribution in [1.29, 1.82) is 0 Å². The Balaban J connectivity index is 2.07. The number of aryl methyl sites for hydroxylation is 3. The molecular weight excluding hydrogens is 334 g/mol. The number of carbonyl (C=O) groups is 1. The molecule has 2 aromatic heterocycles. The van der Waals surface area contributed by atoms with Crippen LogP contribution in [-0.4, -0.2) is 65.1 Å². The largest absolute Gasteiger partial charge is 0.372 e. The van der Waals surface area contributed by atoms with Crippen LogP contribution in [0.3, 0.4) is 0 Å². The molecule has 1 aliphatic rings. The summed E-state index contributed by atoms with van der Waals surface area (Å²) in [6, 6.07) is 0. The number of aromatic nitrogens is 3. The zero-order valence-electron chi connectivity index (χ0n) is 16.5. The second-order valence-corrected chi connectivity index (χ2v) is 7.23.